The van der Waals surface area contributed by atoms with Crippen LogP contribution in [0, 0.1) is 5.82 Å². The Kier molecular flexibility index (Phi) is 7.15. The number of halogens is 2. The van der Waals surface area contributed by atoms with Crippen molar-refractivity contribution in [3.05, 3.63) is 76.2 Å². The Morgan fingerprint density at radius 2 is 1.82 bits per heavy atom. The summed E-state index contributed by atoms with van der Waals surface area (Å²) in [4.78, 5) is 29.8. The van der Waals surface area contributed by atoms with Crippen molar-refractivity contribution in [1.82, 2.24) is 15.5 Å². The number of piperazine rings is 1. The van der Waals surface area contributed by atoms with Gasteiger partial charge in [-0.25, -0.2) is 14.0 Å². The molecule has 174 valence electrons. The predicted octanol–water partition coefficient (Wildman–Crippen LogP) is 3.47. The second-order valence-corrected chi connectivity index (χ2v) is 8.31. The lowest BCUT2D eigenvalue weighted by atomic mass is 9.94. The smallest absolute Gasteiger partial charge is 0.338 e. The molecule has 1 saturated heterocycles. The molecule has 4 rings (SSSR count). The van der Waals surface area contributed by atoms with Gasteiger partial charge in [-0.2, -0.15) is 0 Å². The van der Waals surface area contributed by atoms with E-state index >= 15 is 0 Å². The number of hydrogen-bond acceptors (Lipinski definition) is 5. The lowest BCUT2D eigenvalue weighted by Gasteiger charge is -2.38. The summed E-state index contributed by atoms with van der Waals surface area (Å²) in [7, 11) is 0. The fourth-order valence-electron chi connectivity index (χ4n) is 4.17. The number of esters is 1. The highest BCUT2D eigenvalue weighted by molar-refractivity contribution is 6.31. The quantitative estimate of drug-likeness (QED) is 0.630. The maximum atomic E-state index is 13.2. The molecule has 2 aromatic rings. The minimum Gasteiger partial charge on any atom is -0.463 e. The van der Waals surface area contributed by atoms with Gasteiger partial charge in [0.1, 0.15) is 5.82 Å². The normalized spacial score (nSPS) is 19.2. The second kappa shape index (κ2) is 10.2. The molecule has 2 aromatic carbocycles. The Bertz CT molecular complexity index is 1050. The maximum absolute atomic E-state index is 13.2. The van der Waals surface area contributed by atoms with E-state index in [-0.39, 0.29) is 12.4 Å². The number of nitrogens with zero attached hydrogens (tertiary/aromatic N) is 2. The van der Waals surface area contributed by atoms with Crippen molar-refractivity contribution in [2.24, 2.45) is 0 Å². The second-order valence-electron chi connectivity index (χ2n) is 7.91. The van der Waals surface area contributed by atoms with Crippen LogP contribution in [0.4, 0.5) is 14.9 Å². The van der Waals surface area contributed by atoms with Gasteiger partial charge in [-0.05, 0) is 42.8 Å². The van der Waals surface area contributed by atoms with Gasteiger partial charge in [-0.15, -0.1) is 0 Å². The number of urea groups is 1. The van der Waals surface area contributed by atoms with Gasteiger partial charge in [0.05, 0.1) is 18.2 Å². The Labute approximate surface area is 197 Å². The highest BCUT2D eigenvalue weighted by Crippen LogP contribution is 2.32. The number of carbonyl (C=O) groups excluding carboxylic acids is 2. The number of ether oxygens (including phenoxy) is 1. The molecule has 0 radical (unpaired) electrons. The molecular weight excluding hydrogens is 447 g/mol. The van der Waals surface area contributed by atoms with Crippen LogP contribution in [0.1, 0.15) is 18.5 Å². The molecule has 33 heavy (non-hydrogen) atoms. The molecule has 2 aliphatic rings. The van der Waals surface area contributed by atoms with Crippen molar-refractivity contribution < 1.29 is 18.7 Å². The SMILES string of the molecule is CCOC(=O)C1=C(CN2CCN(c3ccc(F)cc3)CC2)NC(=O)N[C@@H]1c1ccccc1Cl. The molecule has 0 spiro atoms. The third-order valence-corrected chi connectivity index (χ3v) is 6.16. The monoisotopic (exact) mass is 472 g/mol. The highest BCUT2D eigenvalue weighted by atomic mass is 35.5. The molecule has 2 N–H and O–H groups in total. The highest BCUT2D eigenvalue weighted by Gasteiger charge is 2.35. The van der Waals surface area contributed by atoms with Crippen LogP contribution in [-0.2, 0) is 9.53 Å². The molecule has 0 aliphatic carbocycles. The van der Waals surface area contributed by atoms with E-state index in [1.807, 2.05) is 6.07 Å². The summed E-state index contributed by atoms with van der Waals surface area (Å²) in [5.41, 5.74) is 2.47. The first kappa shape index (κ1) is 23.1. The van der Waals surface area contributed by atoms with Crippen molar-refractivity contribution in [2.45, 2.75) is 13.0 Å². The van der Waals surface area contributed by atoms with Crippen molar-refractivity contribution in [3.63, 3.8) is 0 Å². The van der Waals surface area contributed by atoms with E-state index in [1.165, 1.54) is 12.1 Å². The van der Waals surface area contributed by atoms with Crippen molar-refractivity contribution in [1.29, 1.82) is 0 Å². The first-order valence-corrected chi connectivity index (χ1v) is 11.3. The average Bonchev–Trinajstić information content (AvgIpc) is 2.80. The molecule has 2 aliphatic heterocycles. The number of rotatable bonds is 6. The maximum Gasteiger partial charge on any atom is 0.338 e. The molecule has 1 fully saturated rings. The fraction of sp³-hybridized carbons (Fsp3) is 0.333. The van der Waals surface area contributed by atoms with Gasteiger partial charge < -0.3 is 20.3 Å². The standard InChI is InChI=1S/C24H26ClFN4O3/c1-2-33-23(31)21-20(27-24(32)28-22(21)18-5-3-4-6-19(18)25)15-29-11-13-30(14-12-29)17-9-7-16(26)8-10-17/h3-10,22H,2,11-15H2,1H3,(H2,27,28,32)/t22-/m1/s1. The molecule has 0 bridgehead atoms. The number of nitrogens with one attached hydrogen (secondary N) is 2. The molecule has 0 saturated carbocycles. The first-order valence-electron chi connectivity index (χ1n) is 10.9. The van der Waals surface area contributed by atoms with Gasteiger partial charge in [0.25, 0.3) is 0 Å². The Hall–Kier alpha value is -3.10. The Morgan fingerprint density at radius 1 is 1.12 bits per heavy atom. The van der Waals surface area contributed by atoms with Crippen molar-refractivity contribution >= 4 is 29.3 Å². The van der Waals surface area contributed by atoms with E-state index in [9.17, 15) is 14.0 Å². The van der Waals surface area contributed by atoms with Gasteiger partial charge in [-0.1, -0.05) is 29.8 Å². The molecule has 7 nitrogen and oxygen atoms in total. The zero-order valence-electron chi connectivity index (χ0n) is 18.3. The van der Waals surface area contributed by atoms with Crippen molar-refractivity contribution in [2.75, 3.05) is 44.2 Å². The van der Waals surface area contributed by atoms with Gasteiger partial charge in [-0.3, -0.25) is 4.90 Å². The van der Waals surface area contributed by atoms with E-state index in [0.717, 1.165) is 31.9 Å². The molecular formula is C24H26ClFN4O3. The third kappa shape index (κ3) is 5.29. The Morgan fingerprint density at radius 3 is 2.48 bits per heavy atom. The summed E-state index contributed by atoms with van der Waals surface area (Å²) in [5.74, 6) is -0.750. The number of amides is 2. The van der Waals surface area contributed by atoms with Crippen molar-refractivity contribution in [3.8, 4) is 0 Å². The summed E-state index contributed by atoms with van der Waals surface area (Å²) in [5, 5.41) is 6.08. The summed E-state index contributed by atoms with van der Waals surface area (Å²) < 4.78 is 18.6. The number of benzene rings is 2. The van der Waals surface area contributed by atoms with Gasteiger partial charge in [0.2, 0.25) is 0 Å². The van der Waals surface area contributed by atoms with Crippen LogP contribution < -0.4 is 15.5 Å². The number of anilines is 1. The molecule has 9 heteroatoms. The van der Waals surface area contributed by atoms with Crippen LogP contribution in [0.5, 0.6) is 0 Å². The third-order valence-electron chi connectivity index (χ3n) is 5.81. The van der Waals surface area contributed by atoms with Gasteiger partial charge in [0, 0.05) is 49.1 Å². The predicted molar refractivity (Wildman–Crippen MR) is 125 cm³/mol. The first-order chi connectivity index (χ1) is 16.0. The lowest BCUT2D eigenvalue weighted by molar-refractivity contribution is -0.139. The van der Waals surface area contributed by atoms with Gasteiger partial charge in [0.15, 0.2) is 0 Å². The summed E-state index contributed by atoms with van der Waals surface area (Å²) in [6, 6.07) is 12.5. The van der Waals surface area contributed by atoms with Crippen LogP contribution in [0.15, 0.2) is 59.8 Å². The van der Waals surface area contributed by atoms with Crippen LogP contribution in [0.3, 0.4) is 0 Å². The lowest BCUT2D eigenvalue weighted by Crippen LogP contribution is -2.51. The minimum absolute atomic E-state index is 0.217. The van der Waals surface area contributed by atoms with Gasteiger partial charge >= 0.3 is 12.0 Å². The Balaban J connectivity index is 1.56. The van der Waals surface area contributed by atoms with E-state index in [0.29, 0.717) is 28.4 Å². The summed E-state index contributed by atoms with van der Waals surface area (Å²) in [6.07, 6.45) is 0. The zero-order valence-corrected chi connectivity index (χ0v) is 19.1. The zero-order chi connectivity index (χ0) is 23.4. The summed E-state index contributed by atoms with van der Waals surface area (Å²) >= 11 is 6.39. The van der Waals surface area contributed by atoms with E-state index in [2.05, 4.69) is 20.4 Å². The van der Waals surface area contributed by atoms with E-state index in [1.54, 1.807) is 37.3 Å². The molecule has 0 unspecified atom stereocenters. The summed E-state index contributed by atoms with van der Waals surface area (Å²) in [6.45, 7) is 5.27. The topological polar surface area (TPSA) is 73.9 Å². The average molecular weight is 473 g/mol. The van der Waals surface area contributed by atoms with Crippen LogP contribution in [0.25, 0.3) is 0 Å². The molecule has 0 aromatic heterocycles. The van der Waals surface area contributed by atoms with E-state index < -0.39 is 18.0 Å². The molecule has 1 atom stereocenters. The van der Waals surface area contributed by atoms with E-state index in [4.69, 9.17) is 16.3 Å². The fourth-order valence-corrected chi connectivity index (χ4v) is 4.42. The molecule has 2 heterocycles. The number of hydrogen-bond donors (Lipinski definition) is 2. The van der Waals surface area contributed by atoms with Crippen LogP contribution in [-0.4, -0.2) is 56.2 Å². The molecule has 2 amide bonds. The van der Waals surface area contributed by atoms with Crippen LogP contribution >= 0.6 is 11.6 Å². The largest absolute Gasteiger partial charge is 0.463 e. The minimum atomic E-state index is -0.706. The van der Waals surface area contributed by atoms with Crippen LogP contribution in [0.2, 0.25) is 5.02 Å². The number of carbonyl (C=O) groups is 2.